The summed E-state index contributed by atoms with van der Waals surface area (Å²) in [7, 11) is 0. The van der Waals surface area contributed by atoms with Gasteiger partial charge in [0.15, 0.2) is 16.7 Å². The Bertz CT molecular complexity index is 803. The van der Waals surface area contributed by atoms with Gasteiger partial charge in [-0.1, -0.05) is 42.1 Å². The molecule has 1 saturated carbocycles. The standard InChI is InChI=1S/C22H27N3O2S/c1-2-26-21-14-18(12-13-20(21)27-19-10-6-7-11-19)15-24-25-22(23)28-16-17-8-4-3-5-9-17/h3-5,8-9,12-15,19H,2,6-7,10-11,16H2,1H3,(H2,23,25). The first kappa shape index (κ1) is 20.3. The molecule has 1 aliphatic carbocycles. The van der Waals surface area contributed by atoms with Crippen molar-refractivity contribution in [3.63, 3.8) is 0 Å². The maximum atomic E-state index is 6.11. The molecule has 0 aliphatic heterocycles. The fourth-order valence-corrected chi connectivity index (χ4v) is 3.68. The quantitative estimate of drug-likeness (QED) is 0.387. The molecule has 3 rings (SSSR count). The average molecular weight is 398 g/mol. The van der Waals surface area contributed by atoms with Crippen molar-refractivity contribution in [2.24, 2.45) is 15.9 Å². The molecular weight excluding hydrogens is 370 g/mol. The van der Waals surface area contributed by atoms with Gasteiger partial charge in [-0.2, -0.15) is 5.10 Å². The first-order valence-electron chi connectivity index (χ1n) is 9.71. The van der Waals surface area contributed by atoms with Crippen molar-refractivity contribution in [2.75, 3.05) is 6.61 Å². The fourth-order valence-electron chi connectivity index (χ4n) is 3.07. The van der Waals surface area contributed by atoms with E-state index < -0.39 is 0 Å². The van der Waals surface area contributed by atoms with Gasteiger partial charge in [0.05, 0.1) is 18.9 Å². The van der Waals surface area contributed by atoms with E-state index in [-0.39, 0.29) is 0 Å². The lowest BCUT2D eigenvalue weighted by Gasteiger charge is -2.16. The lowest BCUT2D eigenvalue weighted by molar-refractivity contribution is 0.197. The second kappa shape index (κ2) is 10.8. The molecule has 0 spiro atoms. The smallest absolute Gasteiger partial charge is 0.180 e. The third-order valence-electron chi connectivity index (χ3n) is 4.46. The Morgan fingerprint density at radius 1 is 1.14 bits per heavy atom. The Kier molecular flexibility index (Phi) is 7.79. The highest BCUT2D eigenvalue weighted by Gasteiger charge is 2.18. The average Bonchev–Trinajstić information content (AvgIpc) is 3.22. The number of nitrogens with zero attached hydrogens (tertiary/aromatic N) is 2. The number of amidine groups is 1. The van der Waals surface area contributed by atoms with Gasteiger partial charge < -0.3 is 15.2 Å². The van der Waals surface area contributed by atoms with Crippen LogP contribution >= 0.6 is 11.8 Å². The molecule has 0 unspecified atom stereocenters. The zero-order chi connectivity index (χ0) is 19.6. The van der Waals surface area contributed by atoms with E-state index >= 15 is 0 Å². The molecule has 2 aromatic rings. The Morgan fingerprint density at radius 2 is 1.93 bits per heavy atom. The van der Waals surface area contributed by atoms with Crippen molar-refractivity contribution < 1.29 is 9.47 Å². The first-order valence-corrected chi connectivity index (χ1v) is 10.7. The zero-order valence-corrected chi connectivity index (χ0v) is 17.0. The molecule has 6 heteroatoms. The largest absolute Gasteiger partial charge is 0.490 e. The monoisotopic (exact) mass is 397 g/mol. The van der Waals surface area contributed by atoms with E-state index in [1.165, 1.54) is 30.2 Å². The summed E-state index contributed by atoms with van der Waals surface area (Å²) in [5.41, 5.74) is 8.03. The predicted octanol–water partition coefficient (Wildman–Crippen LogP) is 4.99. The van der Waals surface area contributed by atoms with Crippen LogP contribution in [0.3, 0.4) is 0 Å². The van der Waals surface area contributed by atoms with Gasteiger partial charge in [-0.25, -0.2) is 0 Å². The summed E-state index contributed by atoms with van der Waals surface area (Å²) in [6, 6.07) is 16.0. The van der Waals surface area contributed by atoms with E-state index in [2.05, 4.69) is 22.3 Å². The maximum Gasteiger partial charge on any atom is 0.180 e. The molecule has 0 radical (unpaired) electrons. The highest BCUT2D eigenvalue weighted by Crippen LogP contribution is 2.32. The van der Waals surface area contributed by atoms with Crippen LogP contribution in [-0.2, 0) is 5.75 Å². The van der Waals surface area contributed by atoms with Gasteiger partial charge in [0.25, 0.3) is 0 Å². The number of rotatable bonds is 8. The zero-order valence-electron chi connectivity index (χ0n) is 16.2. The fraction of sp³-hybridized carbons (Fsp3) is 0.364. The third-order valence-corrected chi connectivity index (χ3v) is 5.31. The number of nitrogens with two attached hydrogens (primary N) is 1. The van der Waals surface area contributed by atoms with Crippen LogP contribution < -0.4 is 15.2 Å². The first-order chi connectivity index (χ1) is 13.7. The Balaban J connectivity index is 1.59. The molecule has 2 N–H and O–H groups in total. The van der Waals surface area contributed by atoms with Crippen LogP contribution in [0.1, 0.15) is 43.7 Å². The molecule has 0 saturated heterocycles. The lowest BCUT2D eigenvalue weighted by Crippen LogP contribution is -2.12. The second-order valence-corrected chi connectivity index (χ2v) is 7.62. The van der Waals surface area contributed by atoms with E-state index in [1.807, 2.05) is 43.3 Å². The van der Waals surface area contributed by atoms with Crippen LogP contribution in [0.25, 0.3) is 0 Å². The Labute approximate surface area is 171 Å². The van der Waals surface area contributed by atoms with Crippen LogP contribution in [0.4, 0.5) is 0 Å². The number of hydrogen-bond acceptors (Lipinski definition) is 5. The number of benzene rings is 2. The van der Waals surface area contributed by atoms with E-state index in [0.717, 1.165) is 35.7 Å². The van der Waals surface area contributed by atoms with Crippen molar-refractivity contribution in [2.45, 2.75) is 44.5 Å². The van der Waals surface area contributed by atoms with Crippen LogP contribution in [0, 0.1) is 0 Å². The van der Waals surface area contributed by atoms with Crippen molar-refractivity contribution in [3.8, 4) is 11.5 Å². The molecule has 0 aromatic heterocycles. The van der Waals surface area contributed by atoms with Crippen molar-refractivity contribution in [3.05, 3.63) is 59.7 Å². The summed E-state index contributed by atoms with van der Waals surface area (Å²) in [6.07, 6.45) is 6.68. The van der Waals surface area contributed by atoms with E-state index in [0.29, 0.717) is 17.9 Å². The highest BCUT2D eigenvalue weighted by molar-refractivity contribution is 8.13. The summed E-state index contributed by atoms with van der Waals surface area (Å²) >= 11 is 1.47. The van der Waals surface area contributed by atoms with Crippen molar-refractivity contribution >= 4 is 23.1 Å². The van der Waals surface area contributed by atoms with Crippen LogP contribution in [0.2, 0.25) is 0 Å². The molecule has 0 heterocycles. The molecule has 148 valence electrons. The molecular formula is C22H27N3O2S. The number of thioether (sulfide) groups is 1. The molecule has 1 aliphatic rings. The topological polar surface area (TPSA) is 69.2 Å². The van der Waals surface area contributed by atoms with Gasteiger partial charge in [-0.05, 0) is 61.9 Å². The molecule has 28 heavy (non-hydrogen) atoms. The molecule has 1 fully saturated rings. The van der Waals surface area contributed by atoms with Gasteiger partial charge in [-0.3, -0.25) is 0 Å². The van der Waals surface area contributed by atoms with Gasteiger partial charge in [-0.15, -0.1) is 5.10 Å². The molecule has 2 aromatic carbocycles. The molecule has 0 amide bonds. The van der Waals surface area contributed by atoms with Crippen LogP contribution in [0.5, 0.6) is 11.5 Å². The Morgan fingerprint density at radius 3 is 2.68 bits per heavy atom. The summed E-state index contributed by atoms with van der Waals surface area (Å²) in [5.74, 6) is 2.31. The minimum Gasteiger partial charge on any atom is -0.490 e. The maximum absolute atomic E-state index is 6.11. The summed E-state index contributed by atoms with van der Waals surface area (Å²) in [4.78, 5) is 0. The lowest BCUT2D eigenvalue weighted by atomic mass is 10.2. The van der Waals surface area contributed by atoms with Gasteiger partial charge in [0.1, 0.15) is 0 Å². The van der Waals surface area contributed by atoms with Gasteiger partial charge in [0.2, 0.25) is 0 Å². The van der Waals surface area contributed by atoms with Crippen molar-refractivity contribution in [1.29, 1.82) is 0 Å². The Hall–Kier alpha value is -2.47. The number of ether oxygens (including phenoxy) is 2. The minimum absolute atomic E-state index is 0.296. The van der Waals surface area contributed by atoms with Crippen LogP contribution in [0.15, 0.2) is 58.7 Å². The highest BCUT2D eigenvalue weighted by atomic mass is 32.2. The molecule has 0 atom stereocenters. The van der Waals surface area contributed by atoms with E-state index in [9.17, 15) is 0 Å². The van der Waals surface area contributed by atoms with Crippen LogP contribution in [-0.4, -0.2) is 24.1 Å². The van der Waals surface area contributed by atoms with E-state index in [4.69, 9.17) is 15.2 Å². The molecule has 0 bridgehead atoms. The third kappa shape index (κ3) is 6.30. The SMILES string of the molecule is CCOc1cc(C=NN=C(N)SCc2ccccc2)ccc1OC1CCCC1. The molecule has 5 nitrogen and oxygen atoms in total. The number of hydrogen-bond donors (Lipinski definition) is 1. The van der Waals surface area contributed by atoms with Crippen molar-refractivity contribution in [1.82, 2.24) is 0 Å². The minimum atomic E-state index is 0.296. The summed E-state index contributed by atoms with van der Waals surface area (Å²) in [6.45, 7) is 2.55. The summed E-state index contributed by atoms with van der Waals surface area (Å²) < 4.78 is 11.9. The van der Waals surface area contributed by atoms with E-state index in [1.54, 1.807) is 6.21 Å². The van der Waals surface area contributed by atoms with Gasteiger partial charge in [0, 0.05) is 5.75 Å². The normalized spacial score (nSPS) is 15.2. The second-order valence-electron chi connectivity index (χ2n) is 6.62. The predicted molar refractivity (Wildman–Crippen MR) is 117 cm³/mol. The van der Waals surface area contributed by atoms with Gasteiger partial charge >= 0.3 is 0 Å². The summed E-state index contributed by atoms with van der Waals surface area (Å²) in [5, 5.41) is 8.62.